The van der Waals surface area contributed by atoms with Gasteiger partial charge in [-0.2, -0.15) is 0 Å². The molecule has 0 saturated heterocycles. The van der Waals surface area contributed by atoms with Gasteiger partial charge in [-0.15, -0.1) is 0 Å². The maximum Gasteiger partial charge on any atom is 0.0428 e. The predicted octanol–water partition coefficient (Wildman–Crippen LogP) is 5.61. The molecule has 0 aromatic heterocycles. The number of hydrogen-bond donors (Lipinski definition) is 0. The van der Waals surface area contributed by atoms with Crippen LogP contribution in [0.4, 0.5) is 0 Å². The largest absolute Gasteiger partial charge is 0.0836 e. The molecule has 1 atom stereocenters. The third-order valence-electron chi connectivity index (χ3n) is 4.42. The summed E-state index contributed by atoms with van der Waals surface area (Å²) < 4.78 is 0. The van der Waals surface area contributed by atoms with Crippen LogP contribution in [0.5, 0.6) is 0 Å². The molecule has 2 rings (SSSR count). The van der Waals surface area contributed by atoms with Gasteiger partial charge in [-0.05, 0) is 60.3 Å². The van der Waals surface area contributed by atoms with Crippen LogP contribution in [0.25, 0.3) is 0 Å². The first-order valence-electron chi connectivity index (χ1n) is 7.49. The summed E-state index contributed by atoms with van der Waals surface area (Å²) in [5.41, 5.74) is 6.25. The molecule has 1 saturated carbocycles. The van der Waals surface area contributed by atoms with Gasteiger partial charge in [0, 0.05) is 4.83 Å². The molecule has 1 unspecified atom stereocenters. The molecule has 100 valence electrons. The van der Waals surface area contributed by atoms with Crippen LogP contribution in [0.3, 0.4) is 0 Å². The van der Waals surface area contributed by atoms with Crippen molar-refractivity contribution in [2.45, 2.75) is 64.1 Å². The number of aryl methyl sites for hydroxylation is 3. The molecule has 0 aliphatic heterocycles. The highest BCUT2D eigenvalue weighted by Gasteiger charge is 2.29. The molecule has 1 aromatic carbocycles. The third kappa shape index (κ3) is 2.66. The number of alkyl halides is 1. The van der Waals surface area contributed by atoms with E-state index < -0.39 is 0 Å². The van der Waals surface area contributed by atoms with Crippen molar-refractivity contribution < 1.29 is 0 Å². The first kappa shape index (κ1) is 14.1. The third-order valence-corrected chi connectivity index (χ3v) is 5.63. The Labute approximate surface area is 120 Å². The fraction of sp³-hybridized carbons (Fsp3) is 0.647. The van der Waals surface area contributed by atoms with Crippen LogP contribution in [-0.2, 0) is 19.3 Å². The monoisotopic (exact) mass is 308 g/mol. The zero-order chi connectivity index (χ0) is 13.1. The van der Waals surface area contributed by atoms with Crippen molar-refractivity contribution in [2.75, 3.05) is 0 Å². The molecule has 0 amide bonds. The molecule has 1 fully saturated rings. The van der Waals surface area contributed by atoms with Crippen molar-refractivity contribution in [3.05, 3.63) is 34.4 Å². The van der Waals surface area contributed by atoms with Gasteiger partial charge in [0.1, 0.15) is 0 Å². The first-order valence-corrected chi connectivity index (χ1v) is 8.41. The molecule has 0 N–H and O–H groups in total. The highest BCUT2D eigenvalue weighted by molar-refractivity contribution is 9.09. The van der Waals surface area contributed by atoms with E-state index in [1.54, 1.807) is 16.7 Å². The van der Waals surface area contributed by atoms with Gasteiger partial charge in [0.25, 0.3) is 0 Å². The van der Waals surface area contributed by atoms with Crippen LogP contribution in [0, 0.1) is 5.92 Å². The Hall–Kier alpha value is -0.300. The van der Waals surface area contributed by atoms with Gasteiger partial charge in [-0.25, -0.2) is 0 Å². The zero-order valence-corrected chi connectivity index (χ0v) is 13.5. The van der Waals surface area contributed by atoms with Crippen molar-refractivity contribution in [2.24, 2.45) is 5.92 Å². The Morgan fingerprint density at radius 2 is 1.61 bits per heavy atom. The van der Waals surface area contributed by atoms with Crippen LogP contribution in [-0.4, -0.2) is 0 Å². The van der Waals surface area contributed by atoms with E-state index in [1.807, 2.05) is 0 Å². The van der Waals surface area contributed by atoms with Gasteiger partial charge in [0.15, 0.2) is 0 Å². The van der Waals surface area contributed by atoms with Crippen molar-refractivity contribution in [3.63, 3.8) is 0 Å². The molecule has 1 aliphatic carbocycles. The van der Waals surface area contributed by atoms with Gasteiger partial charge in [0.05, 0.1) is 0 Å². The number of benzene rings is 1. The summed E-state index contributed by atoms with van der Waals surface area (Å²) >= 11 is 3.99. The lowest BCUT2D eigenvalue weighted by atomic mass is 9.78. The van der Waals surface area contributed by atoms with Gasteiger partial charge in [-0.1, -0.05) is 55.3 Å². The summed E-state index contributed by atoms with van der Waals surface area (Å²) in [6.45, 7) is 6.84. The van der Waals surface area contributed by atoms with E-state index in [0.29, 0.717) is 4.83 Å². The van der Waals surface area contributed by atoms with Crippen molar-refractivity contribution in [1.82, 2.24) is 0 Å². The maximum absolute atomic E-state index is 3.99. The van der Waals surface area contributed by atoms with Gasteiger partial charge in [-0.3, -0.25) is 0 Å². The molecule has 0 heterocycles. The Bertz CT molecular complexity index is 379. The minimum atomic E-state index is 0.585. The molecule has 0 radical (unpaired) electrons. The Kier molecular flexibility index (Phi) is 4.89. The Morgan fingerprint density at radius 3 is 1.94 bits per heavy atom. The summed E-state index contributed by atoms with van der Waals surface area (Å²) in [7, 11) is 0. The Morgan fingerprint density at radius 1 is 1.06 bits per heavy atom. The lowest BCUT2D eigenvalue weighted by Crippen LogP contribution is -2.18. The molecular formula is C17H25Br. The molecule has 1 aliphatic rings. The average Bonchev–Trinajstić information content (AvgIpc) is 2.34. The van der Waals surface area contributed by atoms with E-state index in [4.69, 9.17) is 0 Å². The molecule has 18 heavy (non-hydrogen) atoms. The summed E-state index contributed by atoms with van der Waals surface area (Å²) in [6.07, 6.45) is 7.69. The van der Waals surface area contributed by atoms with E-state index in [1.165, 1.54) is 24.8 Å². The topological polar surface area (TPSA) is 0 Å². The molecule has 0 bridgehead atoms. The second-order valence-electron chi connectivity index (χ2n) is 5.48. The molecule has 1 aromatic rings. The highest BCUT2D eigenvalue weighted by atomic mass is 79.9. The van der Waals surface area contributed by atoms with E-state index >= 15 is 0 Å². The lowest BCUT2D eigenvalue weighted by molar-refractivity contribution is 0.311. The quantitative estimate of drug-likeness (QED) is 0.620. The van der Waals surface area contributed by atoms with Gasteiger partial charge >= 0.3 is 0 Å². The normalized spacial score (nSPS) is 17.6. The van der Waals surface area contributed by atoms with E-state index in [9.17, 15) is 0 Å². The summed E-state index contributed by atoms with van der Waals surface area (Å²) in [4.78, 5) is 0.585. The Balaban J connectivity index is 2.41. The van der Waals surface area contributed by atoms with Gasteiger partial charge in [0.2, 0.25) is 0 Å². The van der Waals surface area contributed by atoms with E-state index in [2.05, 4.69) is 48.8 Å². The van der Waals surface area contributed by atoms with Crippen molar-refractivity contribution in [3.8, 4) is 0 Å². The maximum atomic E-state index is 3.99. The average molecular weight is 309 g/mol. The van der Waals surface area contributed by atoms with Crippen LogP contribution in [0.15, 0.2) is 12.1 Å². The molecule has 0 spiro atoms. The van der Waals surface area contributed by atoms with Gasteiger partial charge < -0.3 is 0 Å². The predicted molar refractivity (Wildman–Crippen MR) is 83.6 cm³/mol. The smallest absolute Gasteiger partial charge is 0.0428 e. The van der Waals surface area contributed by atoms with Crippen molar-refractivity contribution in [1.29, 1.82) is 0 Å². The van der Waals surface area contributed by atoms with E-state index in [-0.39, 0.29) is 0 Å². The molecular weight excluding hydrogens is 284 g/mol. The number of rotatable bonds is 5. The standard InChI is InChI=1S/C17H25Br/c1-4-12-10-13(5-2)16(14(6-3)11-12)17(18)15-8-7-9-15/h10-11,15,17H,4-9H2,1-3H3. The fourth-order valence-corrected chi connectivity index (χ4v) is 4.08. The van der Waals surface area contributed by atoms with Crippen LogP contribution < -0.4 is 0 Å². The summed E-state index contributed by atoms with van der Waals surface area (Å²) in [5.74, 6) is 0.869. The zero-order valence-electron chi connectivity index (χ0n) is 11.9. The summed E-state index contributed by atoms with van der Waals surface area (Å²) in [6, 6.07) is 4.86. The molecule has 1 heteroatoms. The second-order valence-corrected chi connectivity index (χ2v) is 6.47. The lowest BCUT2D eigenvalue weighted by Gasteiger charge is -2.33. The first-order chi connectivity index (χ1) is 8.71. The van der Waals surface area contributed by atoms with Crippen LogP contribution in [0.2, 0.25) is 0 Å². The van der Waals surface area contributed by atoms with Crippen LogP contribution >= 0.6 is 15.9 Å². The van der Waals surface area contributed by atoms with E-state index in [0.717, 1.165) is 25.2 Å². The minimum absolute atomic E-state index is 0.585. The second kappa shape index (κ2) is 6.23. The van der Waals surface area contributed by atoms with Crippen LogP contribution in [0.1, 0.15) is 67.1 Å². The molecule has 0 nitrogen and oxygen atoms in total. The summed E-state index contributed by atoms with van der Waals surface area (Å²) in [5, 5.41) is 0. The SMILES string of the molecule is CCc1cc(CC)c(C(Br)C2CCC2)c(CC)c1. The highest BCUT2D eigenvalue weighted by Crippen LogP contribution is 2.45. The fourth-order valence-electron chi connectivity index (χ4n) is 2.96. The number of halogens is 1. The minimum Gasteiger partial charge on any atom is -0.0836 e. The number of hydrogen-bond acceptors (Lipinski definition) is 0. The van der Waals surface area contributed by atoms with Crippen molar-refractivity contribution >= 4 is 15.9 Å².